The fourth-order valence-electron chi connectivity index (χ4n) is 4.66. The van der Waals surface area contributed by atoms with Crippen LogP contribution in [-0.4, -0.2) is 54.2 Å². The molecule has 2 aliphatic rings. The van der Waals surface area contributed by atoms with Gasteiger partial charge in [-0.3, -0.25) is 4.98 Å². The van der Waals surface area contributed by atoms with Gasteiger partial charge in [0, 0.05) is 48.6 Å². The summed E-state index contributed by atoms with van der Waals surface area (Å²) in [6.07, 6.45) is 2.08. The summed E-state index contributed by atoms with van der Waals surface area (Å²) in [5.74, 6) is 0. The number of anilines is 1. The number of aliphatic hydroxyl groups is 1. The minimum Gasteiger partial charge on any atom is -0.391 e. The molecule has 6 nitrogen and oxygen atoms in total. The van der Waals surface area contributed by atoms with Crippen LogP contribution in [0, 0.1) is 0 Å². The molecular formula is C23H26BrN3O3. The van der Waals surface area contributed by atoms with Crippen molar-refractivity contribution < 1.29 is 14.6 Å². The summed E-state index contributed by atoms with van der Waals surface area (Å²) in [6.45, 7) is 5.79. The summed E-state index contributed by atoms with van der Waals surface area (Å²) in [4.78, 5) is 7.15. The Morgan fingerprint density at radius 1 is 1.23 bits per heavy atom. The highest BCUT2D eigenvalue weighted by molar-refractivity contribution is 9.10. The highest BCUT2D eigenvalue weighted by atomic mass is 79.9. The summed E-state index contributed by atoms with van der Waals surface area (Å²) < 4.78 is 14.4. The molecule has 0 spiro atoms. The first kappa shape index (κ1) is 20.0. The number of halogens is 1. The maximum atomic E-state index is 10.6. The lowest BCUT2D eigenvalue weighted by molar-refractivity contribution is 0.116. The van der Waals surface area contributed by atoms with Crippen LogP contribution in [0.4, 0.5) is 5.69 Å². The van der Waals surface area contributed by atoms with E-state index in [0.717, 1.165) is 53.4 Å². The molecule has 1 N–H and O–H groups in total. The van der Waals surface area contributed by atoms with E-state index in [1.165, 1.54) is 16.5 Å². The topological polar surface area (TPSA) is 59.8 Å². The molecular weight excluding hydrogens is 446 g/mol. The van der Waals surface area contributed by atoms with Gasteiger partial charge in [-0.1, -0.05) is 15.9 Å². The van der Waals surface area contributed by atoms with Gasteiger partial charge < -0.3 is 24.0 Å². The molecule has 3 aromatic rings. The Bertz CT molecular complexity index is 1090. The molecule has 1 fully saturated rings. The van der Waals surface area contributed by atoms with Gasteiger partial charge in [-0.15, -0.1) is 0 Å². The number of rotatable bonds is 4. The maximum absolute atomic E-state index is 10.6. The van der Waals surface area contributed by atoms with Crippen LogP contribution in [0.3, 0.4) is 0 Å². The lowest BCUT2D eigenvalue weighted by Gasteiger charge is -2.30. The van der Waals surface area contributed by atoms with Crippen LogP contribution in [0.15, 0.2) is 34.9 Å². The van der Waals surface area contributed by atoms with Crippen molar-refractivity contribution in [1.82, 2.24) is 9.55 Å². The van der Waals surface area contributed by atoms with Gasteiger partial charge in [0.2, 0.25) is 0 Å². The molecule has 0 saturated carbocycles. The van der Waals surface area contributed by atoms with Crippen molar-refractivity contribution in [3.05, 3.63) is 46.2 Å². The average Bonchev–Trinajstić information content (AvgIpc) is 3.11. The van der Waals surface area contributed by atoms with E-state index in [9.17, 15) is 5.11 Å². The molecule has 5 rings (SSSR count). The Labute approximate surface area is 184 Å². The predicted octanol–water partition coefficient (Wildman–Crippen LogP) is 3.93. The molecule has 7 heteroatoms. The molecule has 0 aliphatic carbocycles. The Hall–Kier alpha value is -1.93. The zero-order valence-corrected chi connectivity index (χ0v) is 18.9. The van der Waals surface area contributed by atoms with Gasteiger partial charge in [0.1, 0.15) is 0 Å². The van der Waals surface area contributed by atoms with Gasteiger partial charge in [-0.05, 0) is 36.8 Å². The second-order valence-electron chi connectivity index (χ2n) is 8.10. The number of hydrogen-bond acceptors (Lipinski definition) is 5. The molecule has 1 saturated heterocycles. The molecule has 2 atom stereocenters. The molecule has 1 aromatic carbocycles. The molecule has 0 bridgehead atoms. The normalized spacial score (nSPS) is 20.0. The van der Waals surface area contributed by atoms with Gasteiger partial charge in [-0.25, -0.2) is 0 Å². The van der Waals surface area contributed by atoms with Crippen LogP contribution in [0.25, 0.3) is 22.2 Å². The zero-order valence-electron chi connectivity index (χ0n) is 17.3. The van der Waals surface area contributed by atoms with Crippen molar-refractivity contribution >= 4 is 32.5 Å². The van der Waals surface area contributed by atoms with Gasteiger partial charge in [0.25, 0.3) is 0 Å². The number of pyridine rings is 1. The van der Waals surface area contributed by atoms with Gasteiger partial charge in [0.05, 0.1) is 54.2 Å². The Morgan fingerprint density at radius 2 is 2.03 bits per heavy atom. The maximum Gasteiger partial charge on any atom is 0.0969 e. The number of nitrogens with zero attached hydrogens (tertiary/aromatic N) is 3. The summed E-state index contributed by atoms with van der Waals surface area (Å²) >= 11 is 3.63. The second-order valence-corrected chi connectivity index (χ2v) is 9.02. The Balaban J connectivity index is 1.72. The third kappa shape index (κ3) is 3.43. The third-order valence-corrected chi connectivity index (χ3v) is 6.64. The molecule has 0 amide bonds. The van der Waals surface area contributed by atoms with E-state index < -0.39 is 6.10 Å². The van der Waals surface area contributed by atoms with Crippen molar-refractivity contribution in [2.75, 3.05) is 38.3 Å². The number of aliphatic hydroxyl groups excluding tert-OH is 1. The summed E-state index contributed by atoms with van der Waals surface area (Å²) in [6, 6.07) is 8.70. The van der Waals surface area contributed by atoms with E-state index in [1.54, 1.807) is 7.11 Å². The van der Waals surface area contributed by atoms with E-state index in [4.69, 9.17) is 14.5 Å². The molecule has 2 aliphatic heterocycles. The van der Waals surface area contributed by atoms with Crippen molar-refractivity contribution in [3.8, 4) is 11.3 Å². The molecule has 1 unspecified atom stereocenters. The number of ether oxygens (including phenoxy) is 2. The van der Waals surface area contributed by atoms with Crippen molar-refractivity contribution in [1.29, 1.82) is 0 Å². The number of methoxy groups -OCH3 is 1. The first-order chi connectivity index (χ1) is 14.5. The fourth-order valence-corrected chi connectivity index (χ4v) is 5.18. The number of benzene rings is 1. The van der Waals surface area contributed by atoms with Crippen LogP contribution >= 0.6 is 15.9 Å². The molecule has 2 aromatic heterocycles. The quantitative estimate of drug-likeness (QED) is 0.624. The van der Waals surface area contributed by atoms with Crippen LogP contribution < -0.4 is 4.90 Å². The van der Waals surface area contributed by atoms with E-state index in [1.807, 2.05) is 13.1 Å². The standard InChI is InChI=1S/C23H26BrN3O3/c1-14(29-2)22-20(11-18(12-25-22)26-3-5-30-6-4-26)21-10-16-8-17(24)7-15-9-19(28)13-27(21)23(15)16/h7-8,10-12,14,19,28H,3-6,9,13H2,1-2H3/t14-,19?/m0/s1. The molecule has 4 heterocycles. The number of aromatic nitrogens is 2. The Morgan fingerprint density at radius 3 is 2.80 bits per heavy atom. The Kier molecular flexibility index (Phi) is 5.31. The van der Waals surface area contributed by atoms with Gasteiger partial charge in [0.15, 0.2) is 0 Å². The van der Waals surface area contributed by atoms with E-state index in [2.05, 4.69) is 49.7 Å². The number of hydrogen-bond donors (Lipinski definition) is 1. The van der Waals surface area contributed by atoms with Crippen molar-refractivity contribution in [2.24, 2.45) is 0 Å². The van der Waals surface area contributed by atoms with Crippen LogP contribution in [0.5, 0.6) is 0 Å². The van der Waals surface area contributed by atoms with Crippen LogP contribution in [-0.2, 0) is 22.4 Å². The van der Waals surface area contributed by atoms with Crippen LogP contribution in [0.2, 0.25) is 0 Å². The lowest BCUT2D eigenvalue weighted by Crippen LogP contribution is -2.36. The summed E-state index contributed by atoms with van der Waals surface area (Å²) in [7, 11) is 1.71. The summed E-state index contributed by atoms with van der Waals surface area (Å²) in [5, 5.41) is 11.7. The zero-order chi connectivity index (χ0) is 20.8. The minimum absolute atomic E-state index is 0.135. The molecule has 0 radical (unpaired) electrons. The third-order valence-electron chi connectivity index (χ3n) is 6.18. The van der Waals surface area contributed by atoms with E-state index in [-0.39, 0.29) is 6.10 Å². The largest absolute Gasteiger partial charge is 0.391 e. The lowest BCUT2D eigenvalue weighted by atomic mass is 10.0. The monoisotopic (exact) mass is 471 g/mol. The first-order valence-corrected chi connectivity index (χ1v) is 11.2. The molecule has 158 valence electrons. The second kappa shape index (κ2) is 7.96. The highest BCUT2D eigenvalue weighted by Crippen LogP contribution is 2.39. The van der Waals surface area contributed by atoms with Gasteiger partial charge in [-0.2, -0.15) is 0 Å². The highest BCUT2D eigenvalue weighted by Gasteiger charge is 2.26. The van der Waals surface area contributed by atoms with Gasteiger partial charge >= 0.3 is 0 Å². The molecule has 30 heavy (non-hydrogen) atoms. The number of morpholine rings is 1. The first-order valence-electron chi connectivity index (χ1n) is 10.4. The van der Waals surface area contributed by atoms with Crippen LogP contribution in [0.1, 0.15) is 24.3 Å². The predicted molar refractivity (Wildman–Crippen MR) is 121 cm³/mol. The van der Waals surface area contributed by atoms with Crippen molar-refractivity contribution in [2.45, 2.75) is 32.1 Å². The SMILES string of the molecule is CO[C@@H](C)c1ncc(N2CCOCC2)cc1-c1cc2cc(Br)cc3c2n1CC(O)C3. The van der Waals surface area contributed by atoms with E-state index >= 15 is 0 Å². The summed E-state index contributed by atoms with van der Waals surface area (Å²) in [5.41, 5.74) is 6.50. The van der Waals surface area contributed by atoms with E-state index in [0.29, 0.717) is 13.0 Å². The smallest absolute Gasteiger partial charge is 0.0969 e. The van der Waals surface area contributed by atoms with Crippen molar-refractivity contribution in [3.63, 3.8) is 0 Å². The average molecular weight is 472 g/mol. The minimum atomic E-state index is -0.403. The fraction of sp³-hybridized carbons (Fsp3) is 0.435.